The molecule has 2 atom stereocenters. The summed E-state index contributed by atoms with van der Waals surface area (Å²) in [5.74, 6) is -0.950. The van der Waals surface area contributed by atoms with Gasteiger partial charge in [-0.3, -0.25) is 4.79 Å². The van der Waals surface area contributed by atoms with Gasteiger partial charge in [0.1, 0.15) is 17.9 Å². The van der Waals surface area contributed by atoms with E-state index in [1.54, 1.807) is 43.5 Å². The van der Waals surface area contributed by atoms with Crippen LogP contribution in [0.1, 0.15) is 28.4 Å². The molecule has 0 bridgehead atoms. The Morgan fingerprint density at radius 3 is 2.46 bits per heavy atom. The van der Waals surface area contributed by atoms with Crippen molar-refractivity contribution in [2.24, 2.45) is 0 Å². The van der Waals surface area contributed by atoms with Crippen molar-refractivity contribution in [2.45, 2.75) is 24.9 Å². The minimum Gasteiger partial charge on any atom is -0.497 e. The summed E-state index contributed by atoms with van der Waals surface area (Å²) in [6.45, 7) is 1.45. The Morgan fingerprint density at radius 1 is 1.11 bits per heavy atom. The first-order valence-corrected chi connectivity index (χ1v) is 8.71. The number of carbonyl (C=O) groups is 2. The van der Waals surface area contributed by atoms with Crippen LogP contribution in [0.15, 0.2) is 59.8 Å². The molecule has 0 aromatic heterocycles. The zero-order valence-corrected chi connectivity index (χ0v) is 15.4. The molecule has 2 aromatic rings. The fourth-order valence-corrected chi connectivity index (χ4v) is 3.85. The van der Waals surface area contributed by atoms with Crippen LogP contribution in [-0.4, -0.2) is 34.7 Å². The number of methoxy groups -OCH3 is 1. The highest BCUT2D eigenvalue weighted by Crippen LogP contribution is 2.51. The standard InChI is InChI=1S/C21H19NO6/c1-12-17(19(24)28-11-13-7-9-14(27-2)10-8-13)20(25)18(23)15-5-3-4-6-16(15)21(20,26)22-12/h3-10,22,25-26H,11H2,1-2H3/t20-,21-/m1/s1. The molecular weight excluding hydrogens is 362 g/mol. The fraction of sp³-hybridized carbons (Fsp3) is 0.238. The predicted octanol–water partition coefficient (Wildman–Crippen LogP) is 1.39. The second kappa shape index (κ2) is 6.19. The third-order valence-electron chi connectivity index (χ3n) is 5.25. The second-order valence-corrected chi connectivity index (χ2v) is 6.84. The quantitative estimate of drug-likeness (QED) is 0.688. The van der Waals surface area contributed by atoms with Gasteiger partial charge < -0.3 is 25.0 Å². The number of nitrogens with one attached hydrogen (secondary N) is 1. The summed E-state index contributed by atoms with van der Waals surface area (Å²) < 4.78 is 10.4. The van der Waals surface area contributed by atoms with E-state index in [4.69, 9.17) is 9.47 Å². The molecule has 0 amide bonds. The summed E-state index contributed by atoms with van der Waals surface area (Å²) in [5.41, 5.74) is -3.57. The number of fused-ring (bicyclic) bond motifs is 3. The molecule has 4 rings (SSSR count). The van der Waals surface area contributed by atoms with Gasteiger partial charge in [-0.2, -0.15) is 0 Å². The summed E-state index contributed by atoms with van der Waals surface area (Å²) >= 11 is 0. The van der Waals surface area contributed by atoms with Gasteiger partial charge in [0.05, 0.1) is 7.11 Å². The number of hydrogen-bond donors (Lipinski definition) is 3. The Hall–Kier alpha value is -3.16. The lowest BCUT2D eigenvalue weighted by atomic mass is 9.85. The maximum atomic E-state index is 12.9. The number of esters is 1. The van der Waals surface area contributed by atoms with Gasteiger partial charge in [-0.1, -0.05) is 36.4 Å². The number of Topliss-reactive ketones (excluding diaryl/α,β-unsaturated/α-hetero) is 1. The average Bonchev–Trinajstić information content (AvgIpc) is 3.01. The van der Waals surface area contributed by atoms with Crippen molar-refractivity contribution >= 4 is 11.8 Å². The zero-order valence-electron chi connectivity index (χ0n) is 15.4. The highest BCUT2D eigenvalue weighted by Gasteiger charge is 2.70. The zero-order chi connectivity index (χ0) is 20.1. The van der Waals surface area contributed by atoms with Crippen LogP contribution in [0.2, 0.25) is 0 Å². The molecule has 0 saturated carbocycles. The number of benzene rings is 2. The van der Waals surface area contributed by atoms with Crippen LogP contribution >= 0.6 is 0 Å². The Bertz CT molecular complexity index is 1010. The van der Waals surface area contributed by atoms with Gasteiger partial charge in [0.25, 0.3) is 0 Å². The first-order valence-electron chi connectivity index (χ1n) is 8.71. The minimum atomic E-state index is -2.45. The second-order valence-electron chi connectivity index (χ2n) is 6.84. The maximum Gasteiger partial charge on any atom is 0.339 e. The molecule has 0 radical (unpaired) electrons. The van der Waals surface area contributed by atoms with E-state index < -0.39 is 23.1 Å². The largest absolute Gasteiger partial charge is 0.497 e. The molecule has 1 heterocycles. The van der Waals surface area contributed by atoms with Gasteiger partial charge in [0, 0.05) is 16.8 Å². The fourth-order valence-electron chi connectivity index (χ4n) is 3.85. The number of aliphatic hydroxyl groups is 2. The van der Waals surface area contributed by atoms with Gasteiger partial charge in [-0.25, -0.2) is 4.79 Å². The summed E-state index contributed by atoms with van der Waals surface area (Å²) in [4.78, 5) is 25.7. The van der Waals surface area contributed by atoms with E-state index in [1.807, 2.05) is 0 Å². The van der Waals surface area contributed by atoms with Crippen LogP contribution in [0.5, 0.6) is 5.75 Å². The number of hydrogen-bond acceptors (Lipinski definition) is 7. The van der Waals surface area contributed by atoms with Gasteiger partial charge in [-0.15, -0.1) is 0 Å². The van der Waals surface area contributed by atoms with Crippen molar-refractivity contribution < 1.29 is 29.3 Å². The van der Waals surface area contributed by atoms with Crippen molar-refractivity contribution in [1.82, 2.24) is 5.32 Å². The van der Waals surface area contributed by atoms with Crippen LogP contribution in [-0.2, 0) is 21.9 Å². The molecule has 3 N–H and O–H groups in total. The Kier molecular flexibility index (Phi) is 4.02. The molecule has 7 heteroatoms. The molecule has 1 aliphatic carbocycles. The molecule has 2 aliphatic rings. The van der Waals surface area contributed by atoms with E-state index in [-0.39, 0.29) is 29.0 Å². The molecule has 0 unspecified atom stereocenters. The van der Waals surface area contributed by atoms with Crippen LogP contribution in [0.4, 0.5) is 0 Å². The number of rotatable bonds is 4. The van der Waals surface area contributed by atoms with E-state index in [2.05, 4.69) is 5.32 Å². The number of carbonyl (C=O) groups excluding carboxylic acids is 2. The number of allylic oxidation sites excluding steroid dienone is 1. The average molecular weight is 381 g/mol. The molecule has 0 spiro atoms. The Labute approximate surface area is 161 Å². The monoisotopic (exact) mass is 381 g/mol. The Morgan fingerprint density at radius 2 is 1.79 bits per heavy atom. The third kappa shape index (κ3) is 2.30. The van der Waals surface area contributed by atoms with E-state index in [9.17, 15) is 19.8 Å². The van der Waals surface area contributed by atoms with Gasteiger partial charge in [0.2, 0.25) is 17.1 Å². The highest BCUT2D eigenvalue weighted by molar-refractivity contribution is 6.16. The lowest BCUT2D eigenvalue weighted by Gasteiger charge is -2.31. The van der Waals surface area contributed by atoms with Crippen molar-refractivity contribution in [2.75, 3.05) is 7.11 Å². The third-order valence-corrected chi connectivity index (χ3v) is 5.25. The topological polar surface area (TPSA) is 105 Å². The van der Waals surface area contributed by atoms with E-state index in [0.29, 0.717) is 11.3 Å². The van der Waals surface area contributed by atoms with Crippen molar-refractivity contribution in [3.63, 3.8) is 0 Å². The van der Waals surface area contributed by atoms with E-state index in [0.717, 1.165) is 0 Å². The molecule has 144 valence electrons. The number of ketones is 1. The molecular formula is C21H19NO6. The van der Waals surface area contributed by atoms with Crippen LogP contribution in [0.25, 0.3) is 0 Å². The van der Waals surface area contributed by atoms with E-state index in [1.165, 1.54) is 19.1 Å². The minimum absolute atomic E-state index is 0.0603. The van der Waals surface area contributed by atoms with E-state index >= 15 is 0 Å². The maximum absolute atomic E-state index is 12.9. The van der Waals surface area contributed by atoms with Gasteiger partial charge in [0.15, 0.2) is 0 Å². The molecule has 2 aromatic carbocycles. The number of ether oxygens (including phenoxy) is 2. The summed E-state index contributed by atoms with van der Waals surface area (Å²) in [7, 11) is 1.55. The first kappa shape index (κ1) is 18.2. The van der Waals surface area contributed by atoms with Crippen LogP contribution in [0.3, 0.4) is 0 Å². The molecule has 7 nitrogen and oxygen atoms in total. The lowest BCUT2D eigenvalue weighted by Crippen LogP contribution is -2.56. The summed E-state index contributed by atoms with van der Waals surface area (Å²) in [5, 5.41) is 25.0. The predicted molar refractivity (Wildman–Crippen MR) is 98.2 cm³/mol. The van der Waals surface area contributed by atoms with Crippen molar-refractivity contribution in [3.8, 4) is 5.75 Å². The molecule has 0 fully saturated rings. The molecule has 0 saturated heterocycles. The van der Waals surface area contributed by atoms with Crippen molar-refractivity contribution in [3.05, 3.63) is 76.5 Å². The summed E-state index contributed by atoms with van der Waals surface area (Å²) in [6, 6.07) is 13.3. The Balaban J connectivity index is 1.62. The molecule has 28 heavy (non-hydrogen) atoms. The lowest BCUT2D eigenvalue weighted by molar-refractivity contribution is -0.148. The molecule has 1 aliphatic heterocycles. The van der Waals surface area contributed by atoms with Crippen molar-refractivity contribution in [1.29, 1.82) is 0 Å². The smallest absolute Gasteiger partial charge is 0.339 e. The summed E-state index contributed by atoms with van der Waals surface area (Å²) in [6.07, 6.45) is 0. The SMILES string of the molecule is COc1ccc(COC(=O)C2=C(C)N[C@@]3(O)c4ccccc4C(=O)[C@]23O)cc1. The normalized spacial score (nSPS) is 25.2. The first-order chi connectivity index (χ1) is 13.3. The van der Waals surface area contributed by atoms with Crippen LogP contribution < -0.4 is 10.1 Å². The van der Waals surface area contributed by atoms with Gasteiger partial charge in [-0.05, 0) is 24.6 Å². The van der Waals surface area contributed by atoms with Crippen LogP contribution in [0, 0.1) is 0 Å². The highest BCUT2D eigenvalue weighted by atomic mass is 16.5. The van der Waals surface area contributed by atoms with Gasteiger partial charge >= 0.3 is 5.97 Å².